The van der Waals surface area contributed by atoms with Crippen molar-refractivity contribution in [1.82, 2.24) is 10.2 Å². The van der Waals surface area contributed by atoms with Crippen molar-refractivity contribution in [2.45, 2.75) is 18.8 Å². The van der Waals surface area contributed by atoms with Crippen molar-refractivity contribution in [2.75, 3.05) is 26.9 Å². The minimum Gasteiger partial charge on any atom is -0.394 e. The number of methoxy groups -OCH3 is 1. The zero-order valence-electron chi connectivity index (χ0n) is 9.83. The van der Waals surface area contributed by atoms with Crippen LogP contribution in [0.15, 0.2) is 12.3 Å². The molecule has 1 aliphatic heterocycles. The van der Waals surface area contributed by atoms with Gasteiger partial charge in [-0.15, -0.1) is 0 Å². The van der Waals surface area contributed by atoms with Gasteiger partial charge in [0, 0.05) is 19.7 Å². The number of rotatable bonds is 7. The number of hydrogen-bond donors (Lipinski definition) is 3. The number of nitrogens with one attached hydrogen (secondary N) is 1. The maximum atomic E-state index is 11.7. The zero-order chi connectivity index (χ0) is 12.7. The van der Waals surface area contributed by atoms with Crippen LogP contribution in [0.25, 0.3) is 0 Å². The van der Waals surface area contributed by atoms with Crippen LogP contribution in [0.3, 0.4) is 0 Å². The molecule has 0 spiro atoms. The average molecular weight is 245 g/mol. The number of carbonyl (C=O) groups is 1. The van der Waals surface area contributed by atoms with Crippen LogP contribution >= 0.6 is 0 Å². The van der Waals surface area contributed by atoms with Crippen LogP contribution in [0.1, 0.15) is 6.42 Å². The number of carbonyl (C=O) groups excluding carboxylic acids is 1. The third-order valence-electron chi connectivity index (χ3n) is 2.26. The zero-order valence-corrected chi connectivity index (χ0v) is 9.83. The molecule has 0 radical (unpaired) electrons. The summed E-state index contributed by atoms with van der Waals surface area (Å²) in [5, 5.41) is 11.3. The highest BCUT2D eigenvalue weighted by atomic mass is 16.5. The second-order valence-electron chi connectivity index (χ2n) is 3.55. The summed E-state index contributed by atoms with van der Waals surface area (Å²) < 4.78 is 10.3. The van der Waals surface area contributed by atoms with E-state index in [1.807, 2.05) is 0 Å². The first-order valence-electron chi connectivity index (χ1n) is 5.43. The second-order valence-corrected chi connectivity index (χ2v) is 3.55. The standard InChI is InChI=1S/C10H19N3O4/c1-16-6-3-9(17-7-5-14)13-4-2-8(11)12-10(13)15/h2,4,8-9,14H,3,5-7,11H2,1H3,(H,12,15)/t8?,9-/m1/s1. The molecule has 4 N–H and O–H groups in total. The molecule has 0 saturated heterocycles. The van der Waals surface area contributed by atoms with Gasteiger partial charge in [0.25, 0.3) is 0 Å². The van der Waals surface area contributed by atoms with E-state index >= 15 is 0 Å². The Morgan fingerprint density at radius 2 is 2.41 bits per heavy atom. The molecule has 17 heavy (non-hydrogen) atoms. The van der Waals surface area contributed by atoms with Gasteiger partial charge in [-0.1, -0.05) is 0 Å². The van der Waals surface area contributed by atoms with E-state index in [0.717, 1.165) is 0 Å². The number of amides is 2. The van der Waals surface area contributed by atoms with Crippen LogP contribution < -0.4 is 11.1 Å². The van der Waals surface area contributed by atoms with E-state index < -0.39 is 12.4 Å². The van der Waals surface area contributed by atoms with E-state index in [2.05, 4.69) is 5.32 Å². The van der Waals surface area contributed by atoms with Crippen LogP contribution in [0.5, 0.6) is 0 Å². The van der Waals surface area contributed by atoms with Gasteiger partial charge in [0.2, 0.25) is 0 Å². The van der Waals surface area contributed by atoms with Gasteiger partial charge in [-0.25, -0.2) is 4.79 Å². The van der Waals surface area contributed by atoms with Gasteiger partial charge in [0.05, 0.1) is 26.0 Å². The number of nitrogens with two attached hydrogens (primary N) is 1. The van der Waals surface area contributed by atoms with Gasteiger partial charge < -0.3 is 25.6 Å². The molecule has 0 aromatic carbocycles. The summed E-state index contributed by atoms with van der Waals surface area (Å²) in [7, 11) is 1.57. The molecule has 2 amide bonds. The molecule has 7 nitrogen and oxygen atoms in total. The number of urea groups is 1. The molecule has 1 unspecified atom stereocenters. The normalized spacial score (nSPS) is 21.5. The molecule has 0 bridgehead atoms. The van der Waals surface area contributed by atoms with Gasteiger partial charge in [0.15, 0.2) is 0 Å². The van der Waals surface area contributed by atoms with E-state index in [-0.39, 0.29) is 19.2 Å². The van der Waals surface area contributed by atoms with Crippen LogP contribution in [0.4, 0.5) is 4.79 Å². The third kappa shape index (κ3) is 4.31. The first-order chi connectivity index (χ1) is 8.19. The summed E-state index contributed by atoms with van der Waals surface area (Å²) in [5.41, 5.74) is 5.54. The van der Waals surface area contributed by atoms with Crippen molar-refractivity contribution in [3.05, 3.63) is 12.3 Å². The highest BCUT2D eigenvalue weighted by molar-refractivity contribution is 5.77. The van der Waals surface area contributed by atoms with Gasteiger partial charge in [0.1, 0.15) is 6.23 Å². The van der Waals surface area contributed by atoms with Crippen molar-refractivity contribution in [2.24, 2.45) is 5.73 Å². The van der Waals surface area contributed by atoms with Crippen molar-refractivity contribution in [3.63, 3.8) is 0 Å². The summed E-state index contributed by atoms with van der Waals surface area (Å²) in [6.45, 7) is 0.528. The number of nitrogens with zero attached hydrogens (tertiary/aromatic N) is 1. The van der Waals surface area contributed by atoms with E-state index in [0.29, 0.717) is 13.0 Å². The molecule has 2 atom stereocenters. The van der Waals surface area contributed by atoms with Crippen molar-refractivity contribution < 1.29 is 19.4 Å². The number of ether oxygens (including phenoxy) is 2. The van der Waals surface area contributed by atoms with Crippen molar-refractivity contribution in [1.29, 1.82) is 0 Å². The average Bonchev–Trinajstić information content (AvgIpc) is 2.30. The van der Waals surface area contributed by atoms with Gasteiger partial charge in [-0.3, -0.25) is 4.90 Å². The lowest BCUT2D eigenvalue weighted by molar-refractivity contribution is -0.0479. The topological polar surface area (TPSA) is 97.1 Å². The molecular formula is C10H19N3O4. The Hall–Kier alpha value is -1.15. The summed E-state index contributed by atoms with van der Waals surface area (Å²) in [6, 6.07) is -0.320. The fourth-order valence-electron chi connectivity index (χ4n) is 1.46. The number of aliphatic hydroxyl groups excluding tert-OH is 1. The van der Waals surface area contributed by atoms with Gasteiger partial charge in [-0.05, 0) is 6.08 Å². The smallest absolute Gasteiger partial charge is 0.325 e. The molecule has 0 fully saturated rings. The maximum absolute atomic E-state index is 11.7. The highest BCUT2D eigenvalue weighted by Gasteiger charge is 2.25. The first-order valence-corrected chi connectivity index (χ1v) is 5.43. The second kappa shape index (κ2) is 7.23. The minimum absolute atomic E-state index is 0.0951. The number of hydrogen-bond acceptors (Lipinski definition) is 5. The molecular weight excluding hydrogens is 226 g/mol. The lowest BCUT2D eigenvalue weighted by Gasteiger charge is -2.32. The van der Waals surface area contributed by atoms with Gasteiger partial charge >= 0.3 is 6.03 Å². The molecule has 1 rings (SSSR count). The fourth-order valence-corrected chi connectivity index (χ4v) is 1.46. The Morgan fingerprint density at radius 3 is 3.00 bits per heavy atom. The maximum Gasteiger partial charge on any atom is 0.325 e. The number of aliphatic hydroxyl groups is 1. The van der Waals surface area contributed by atoms with Crippen LogP contribution in [0.2, 0.25) is 0 Å². The van der Waals surface area contributed by atoms with Crippen LogP contribution in [-0.4, -0.2) is 55.4 Å². The van der Waals surface area contributed by atoms with Crippen LogP contribution in [0, 0.1) is 0 Å². The Labute approximate surface area is 100 Å². The predicted octanol–water partition coefficient (Wildman–Crippen LogP) is -0.818. The summed E-state index contributed by atoms with van der Waals surface area (Å²) in [4.78, 5) is 13.1. The molecule has 0 saturated carbocycles. The summed E-state index contributed by atoms with van der Waals surface area (Å²) >= 11 is 0. The predicted molar refractivity (Wildman–Crippen MR) is 60.8 cm³/mol. The van der Waals surface area contributed by atoms with E-state index in [1.165, 1.54) is 4.90 Å². The third-order valence-corrected chi connectivity index (χ3v) is 2.26. The Kier molecular flexibility index (Phi) is 5.92. The molecule has 1 heterocycles. The minimum atomic E-state index is -0.473. The summed E-state index contributed by atoms with van der Waals surface area (Å²) in [5.74, 6) is 0. The lowest BCUT2D eigenvalue weighted by atomic mass is 10.3. The highest BCUT2D eigenvalue weighted by Crippen LogP contribution is 2.11. The Bertz CT molecular complexity index is 264. The Morgan fingerprint density at radius 1 is 1.65 bits per heavy atom. The van der Waals surface area contributed by atoms with Crippen LogP contribution in [-0.2, 0) is 9.47 Å². The molecule has 7 heteroatoms. The fraction of sp³-hybridized carbons (Fsp3) is 0.700. The first kappa shape index (κ1) is 13.9. The van der Waals surface area contributed by atoms with Crippen molar-refractivity contribution >= 4 is 6.03 Å². The molecule has 0 aliphatic carbocycles. The van der Waals surface area contributed by atoms with Crippen molar-refractivity contribution in [3.8, 4) is 0 Å². The van der Waals surface area contributed by atoms with E-state index in [4.69, 9.17) is 20.3 Å². The lowest BCUT2D eigenvalue weighted by Crippen LogP contribution is -2.53. The summed E-state index contributed by atoms with van der Waals surface area (Å²) in [6.07, 6.45) is 2.82. The molecule has 0 aromatic rings. The SMILES string of the molecule is COCC[C@@H](OCCO)N1C=CC(N)NC1=O. The quantitative estimate of drug-likeness (QED) is 0.544. The molecule has 98 valence electrons. The molecule has 1 aliphatic rings. The largest absolute Gasteiger partial charge is 0.394 e. The monoisotopic (exact) mass is 245 g/mol. The van der Waals surface area contributed by atoms with E-state index in [9.17, 15) is 4.79 Å². The van der Waals surface area contributed by atoms with Gasteiger partial charge in [-0.2, -0.15) is 0 Å². The molecule has 0 aromatic heterocycles. The Balaban J connectivity index is 2.60. The van der Waals surface area contributed by atoms with E-state index in [1.54, 1.807) is 19.4 Å².